The Kier molecular flexibility index (Phi) is 5.33. The van der Waals surface area contributed by atoms with Crippen LogP contribution in [0.5, 0.6) is 0 Å². The molecule has 2 aliphatic rings. The molecule has 0 N–H and O–H groups in total. The number of amides is 2. The molecular weight excluding hydrogens is 380 g/mol. The molecule has 6 nitrogen and oxygen atoms in total. The van der Waals surface area contributed by atoms with Gasteiger partial charge < -0.3 is 9.57 Å². The lowest BCUT2D eigenvalue weighted by molar-refractivity contribution is -0.140. The molecule has 2 atom stereocenters. The molecule has 2 aromatic carbocycles. The SMILES string of the molecule is CCc1ccc(C2=NO[C@H](C(=O)N3C(=O)OC(C)(C)[C@@H]3Cc3ccccc3)C2)cc1. The van der Waals surface area contributed by atoms with Crippen LogP contribution in [-0.4, -0.2) is 40.4 Å². The number of benzene rings is 2. The molecule has 0 spiro atoms. The maximum absolute atomic E-state index is 13.3. The first-order valence-electron chi connectivity index (χ1n) is 10.3. The van der Waals surface area contributed by atoms with Crippen molar-refractivity contribution in [3.63, 3.8) is 0 Å². The lowest BCUT2D eigenvalue weighted by Gasteiger charge is -2.28. The summed E-state index contributed by atoms with van der Waals surface area (Å²) in [7, 11) is 0. The Hall–Kier alpha value is -3.15. The smallest absolute Gasteiger partial charge is 0.417 e. The van der Waals surface area contributed by atoms with Crippen molar-refractivity contribution in [1.29, 1.82) is 0 Å². The van der Waals surface area contributed by atoms with Crippen LogP contribution in [0.25, 0.3) is 0 Å². The predicted molar refractivity (Wildman–Crippen MR) is 113 cm³/mol. The predicted octanol–water partition coefficient (Wildman–Crippen LogP) is 4.11. The van der Waals surface area contributed by atoms with Gasteiger partial charge in [0.05, 0.1) is 11.8 Å². The zero-order valence-electron chi connectivity index (χ0n) is 17.5. The molecule has 156 valence electrons. The monoisotopic (exact) mass is 406 g/mol. The van der Waals surface area contributed by atoms with Crippen molar-refractivity contribution in [3.8, 4) is 0 Å². The highest BCUT2D eigenvalue weighted by Gasteiger charge is 2.52. The fourth-order valence-corrected chi connectivity index (χ4v) is 3.97. The molecule has 0 aliphatic carbocycles. The minimum atomic E-state index is -0.828. The van der Waals surface area contributed by atoms with Crippen LogP contribution in [0, 0.1) is 0 Å². The van der Waals surface area contributed by atoms with Crippen molar-refractivity contribution in [2.24, 2.45) is 5.16 Å². The zero-order valence-corrected chi connectivity index (χ0v) is 17.5. The summed E-state index contributed by atoms with van der Waals surface area (Å²) in [6.45, 7) is 5.76. The molecule has 2 aliphatic heterocycles. The lowest BCUT2D eigenvalue weighted by atomic mass is 9.91. The topological polar surface area (TPSA) is 68.2 Å². The summed E-state index contributed by atoms with van der Waals surface area (Å²) in [5, 5.41) is 4.12. The van der Waals surface area contributed by atoms with Gasteiger partial charge in [0.15, 0.2) is 0 Å². The van der Waals surface area contributed by atoms with E-state index in [9.17, 15) is 9.59 Å². The molecule has 0 radical (unpaired) electrons. The number of aryl methyl sites for hydroxylation is 1. The Morgan fingerprint density at radius 3 is 2.47 bits per heavy atom. The highest BCUT2D eigenvalue weighted by molar-refractivity contribution is 6.06. The van der Waals surface area contributed by atoms with E-state index in [0.29, 0.717) is 18.6 Å². The second kappa shape index (κ2) is 7.94. The Labute approximate surface area is 176 Å². The Morgan fingerprint density at radius 2 is 1.80 bits per heavy atom. The number of hydrogen-bond acceptors (Lipinski definition) is 5. The quantitative estimate of drug-likeness (QED) is 0.749. The van der Waals surface area contributed by atoms with E-state index in [0.717, 1.165) is 17.5 Å². The van der Waals surface area contributed by atoms with E-state index in [2.05, 4.69) is 12.1 Å². The van der Waals surface area contributed by atoms with Crippen molar-refractivity contribution < 1.29 is 19.2 Å². The lowest BCUT2D eigenvalue weighted by Crippen LogP contribution is -2.49. The maximum Gasteiger partial charge on any atom is 0.417 e. The third kappa shape index (κ3) is 3.82. The summed E-state index contributed by atoms with van der Waals surface area (Å²) in [4.78, 5) is 32.5. The first-order chi connectivity index (χ1) is 14.4. The second-order valence-electron chi connectivity index (χ2n) is 8.27. The van der Waals surface area contributed by atoms with Gasteiger partial charge in [-0.25, -0.2) is 9.69 Å². The van der Waals surface area contributed by atoms with Crippen molar-refractivity contribution in [3.05, 3.63) is 71.3 Å². The third-order valence-corrected chi connectivity index (χ3v) is 5.81. The van der Waals surface area contributed by atoms with Crippen molar-refractivity contribution in [2.45, 2.75) is 57.8 Å². The van der Waals surface area contributed by atoms with Gasteiger partial charge >= 0.3 is 6.09 Å². The van der Waals surface area contributed by atoms with Gasteiger partial charge in [-0.3, -0.25) is 4.79 Å². The van der Waals surface area contributed by atoms with Crippen molar-refractivity contribution in [2.75, 3.05) is 0 Å². The van der Waals surface area contributed by atoms with Gasteiger partial charge in [0.1, 0.15) is 5.60 Å². The molecule has 4 rings (SSSR count). The van der Waals surface area contributed by atoms with Gasteiger partial charge in [-0.2, -0.15) is 0 Å². The van der Waals surface area contributed by atoms with Crippen LogP contribution in [0.1, 0.15) is 43.9 Å². The molecule has 2 heterocycles. The zero-order chi connectivity index (χ0) is 21.3. The molecule has 0 aromatic heterocycles. The number of carbonyl (C=O) groups is 2. The maximum atomic E-state index is 13.3. The van der Waals surface area contributed by atoms with Gasteiger partial charge in [-0.15, -0.1) is 0 Å². The van der Waals surface area contributed by atoms with E-state index in [1.807, 2.05) is 68.4 Å². The third-order valence-electron chi connectivity index (χ3n) is 5.81. The minimum Gasteiger partial charge on any atom is -0.441 e. The van der Waals surface area contributed by atoms with Crippen LogP contribution in [0.2, 0.25) is 0 Å². The van der Waals surface area contributed by atoms with Crippen LogP contribution in [-0.2, 0) is 27.2 Å². The highest BCUT2D eigenvalue weighted by atomic mass is 16.6. The van der Waals surface area contributed by atoms with Gasteiger partial charge in [0.2, 0.25) is 6.10 Å². The molecule has 2 aromatic rings. The first kappa shape index (κ1) is 20.1. The number of cyclic esters (lactones) is 1. The van der Waals surface area contributed by atoms with Crippen LogP contribution in [0.3, 0.4) is 0 Å². The summed E-state index contributed by atoms with van der Waals surface area (Å²) in [5.74, 6) is -0.407. The summed E-state index contributed by atoms with van der Waals surface area (Å²) in [6.07, 6.45) is 0.345. The van der Waals surface area contributed by atoms with Crippen LogP contribution >= 0.6 is 0 Å². The highest BCUT2D eigenvalue weighted by Crippen LogP contribution is 2.33. The molecule has 6 heteroatoms. The molecule has 0 bridgehead atoms. The van der Waals surface area contributed by atoms with Crippen LogP contribution in [0.15, 0.2) is 59.8 Å². The van der Waals surface area contributed by atoms with E-state index in [-0.39, 0.29) is 0 Å². The number of ether oxygens (including phenoxy) is 1. The summed E-state index contributed by atoms with van der Waals surface area (Å²) in [6, 6.07) is 17.4. The number of rotatable bonds is 5. The van der Waals surface area contributed by atoms with E-state index >= 15 is 0 Å². The Morgan fingerprint density at radius 1 is 1.10 bits per heavy atom. The number of imide groups is 1. The molecule has 0 unspecified atom stereocenters. The van der Waals surface area contributed by atoms with Crippen molar-refractivity contribution in [1.82, 2.24) is 4.90 Å². The summed E-state index contributed by atoms with van der Waals surface area (Å²) >= 11 is 0. The molecule has 1 saturated heterocycles. The van der Waals surface area contributed by atoms with Crippen molar-refractivity contribution >= 4 is 17.7 Å². The van der Waals surface area contributed by atoms with Crippen LogP contribution < -0.4 is 0 Å². The molecule has 0 saturated carbocycles. The number of hydrogen-bond donors (Lipinski definition) is 0. The number of carbonyl (C=O) groups excluding carboxylic acids is 2. The van der Waals surface area contributed by atoms with Gasteiger partial charge in [-0.05, 0) is 43.4 Å². The molecule has 1 fully saturated rings. The first-order valence-corrected chi connectivity index (χ1v) is 10.3. The fourth-order valence-electron chi connectivity index (χ4n) is 3.97. The molecule has 30 heavy (non-hydrogen) atoms. The van der Waals surface area contributed by atoms with E-state index < -0.39 is 29.7 Å². The van der Waals surface area contributed by atoms with Crippen LogP contribution in [0.4, 0.5) is 4.79 Å². The number of nitrogens with zero attached hydrogens (tertiary/aromatic N) is 2. The fraction of sp³-hybridized carbons (Fsp3) is 0.375. The van der Waals surface area contributed by atoms with Gasteiger partial charge in [0.25, 0.3) is 5.91 Å². The second-order valence-corrected chi connectivity index (χ2v) is 8.27. The Bertz CT molecular complexity index is 966. The Balaban J connectivity index is 1.50. The number of oxime groups is 1. The average Bonchev–Trinajstić information content (AvgIpc) is 3.31. The largest absolute Gasteiger partial charge is 0.441 e. The standard InChI is InChI=1S/C24H26N2O4/c1-4-16-10-12-18(13-11-16)19-15-20(30-25-19)22(27)26-21(24(2,3)29-23(26)28)14-17-8-6-5-7-9-17/h5-13,20-21H,4,14-15H2,1-3H3/t20-,21-/m0/s1. The normalized spacial score (nSPS) is 22.4. The average molecular weight is 406 g/mol. The minimum absolute atomic E-state index is 0.326. The van der Waals surface area contributed by atoms with E-state index in [1.54, 1.807) is 0 Å². The summed E-state index contributed by atoms with van der Waals surface area (Å²) in [5.41, 5.74) is 3.11. The summed E-state index contributed by atoms with van der Waals surface area (Å²) < 4.78 is 5.54. The van der Waals surface area contributed by atoms with Gasteiger partial charge in [0, 0.05) is 6.42 Å². The van der Waals surface area contributed by atoms with E-state index in [1.165, 1.54) is 10.5 Å². The van der Waals surface area contributed by atoms with Gasteiger partial charge in [-0.1, -0.05) is 66.7 Å². The molecule has 2 amide bonds. The molecular formula is C24H26N2O4. The van der Waals surface area contributed by atoms with E-state index in [4.69, 9.17) is 9.57 Å².